The topological polar surface area (TPSA) is 29.1 Å². The normalized spacial score (nSPS) is 12.2. The van der Waals surface area contributed by atoms with E-state index in [-0.39, 0.29) is 11.9 Å². The summed E-state index contributed by atoms with van der Waals surface area (Å²) in [5.41, 5.74) is 0.332. The molecule has 0 heterocycles. The van der Waals surface area contributed by atoms with Gasteiger partial charge in [0.15, 0.2) is 0 Å². The summed E-state index contributed by atoms with van der Waals surface area (Å²) in [4.78, 5) is 11.9. The number of nitrogens with one attached hydrogen (secondary N) is 1. The van der Waals surface area contributed by atoms with Gasteiger partial charge in [-0.15, -0.1) is 0 Å². The lowest BCUT2D eigenvalue weighted by Gasteiger charge is -2.13. The molecular weight excluding hydrogens is 305 g/mol. The van der Waals surface area contributed by atoms with Crippen molar-refractivity contribution < 1.29 is 9.18 Å². The molecule has 0 bridgehead atoms. The maximum atomic E-state index is 13.0. The van der Waals surface area contributed by atoms with Crippen LogP contribution in [0.25, 0.3) is 0 Å². The Morgan fingerprint density at radius 3 is 2.94 bits per heavy atom. The summed E-state index contributed by atoms with van der Waals surface area (Å²) in [6.45, 7) is 4.01. The second-order valence-electron chi connectivity index (χ2n) is 3.66. The highest BCUT2D eigenvalue weighted by Gasteiger charge is 2.13. The Balaban J connectivity index is 2.66. The number of rotatable bonds is 5. The van der Waals surface area contributed by atoms with Gasteiger partial charge in [0.05, 0.1) is 5.56 Å². The maximum Gasteiger partial charge on any atom is 0.252 e. The predicted molar refractivity (Wildman–Crippen MR) is 74.0 cm³/mol. The highest BCUT2D eigenvalue weighted by Crippen LogP contribution is 2.18. The molecule has 0 aromatic heterocycles. The van der Waals surface area contributed by atoms with Crippen LogP contribution in [0.5, 0.6) is 0 Å². The first-order valence-electron chi connectivity index (χ1n) is 5.38. The zero-order valence-corrected chi connectivity index (χ0v) is 12.2. The molecule has 1 aromatic rings. The summed E-state index contributed by atoms with van der Waals surface area (Å²) in [6, 6.07) is 4.16. The Morgan fingerprint density at radius 1 is 1.59 bits per heavy atom. The molecular formula is C12H15BrFNOS. The summed E-state index contributed by atoms with van der Waals surface area (Å²) in [7, 11) is 0. The molecule has 2 nitrogen and oxygen atoms in total. The molecule has 17 heavy (non-hydrogen) atoms. The van der Waals surface area contributed by atoms with Gasteiger partial charge in [-0.05, 0) is 46.8 Å². The van der Waals surface area contributed by atoms with Crippen LogP contribution in [0.15, 0.2) is 22.7 Å². The van der Waals surface area contributed by atoms with Crippen LogP contribution in [-0.4, -0.2) is 23.5 Å². The van der Waals surface area contributed by atoms with Crippen molar-refractivity contribution in [3.8, 4) is 0 Å². The Labute approximate surface area is 113 Å². The molecule has 1 rings (SSSR count). The third-order valence-electron chi connectivity index (χ3n) is 2.12. The SMILES string of the molecule is CCSCC(C)NC(=O)c1cc(F)ccc1Br. The first kappa shape index (κ1) is 14.5. The molecule has 1 atom stereocenters. The summed E-state index contributed by atoms with van der Waals surface area (Å²) < 4.78 is 13.6. The van der Waals surface area contributed by atoms with Gasteiger partial charge >= 0.3 is 0 Å². The van der Waals surface area contributed by atoms with Crippen LogP contribution >= 0.6 is 27.7 Å². The number of hydrogen-bond acceptors (Lipinski definition) is 2. The van der Waals surface area contributed by atoms with E-state index in [1.54, 1.807) is 11.8 Å². The lowest BCUT2D eigenvalue weighted by Crippen LogP contribution is -2.34. The molecule has 0 saturated heterocycles. The molecule has 0 fully saturated rings. The second-order valence-corrected chi connectivity index (χ2v) is 5.83. The van der Waals surface area contributed by atoms with Crippen LogP contribution in [0.1, 0.15) is 24.2 Å². The minimum Gasteiger partial charge on any atom is -0.349 e. The van der Waals surface area contributed by atoms with E-state index in [0.717, 1.165) is 11.5 Å². The molecule has 0 aliphatic heterocycles. The maximum absolute atomic E-state index is 13.0. The number of hydrogen-bond donors (Lipinski definition) is 1. The van der Waals surface area contributed by atoms with E-state index in [0.29, 0.717) is 10.0 Å². The molecule has 1 unspecified atom stereocenters. The van der Waals surface area contributed by atoms with Crippen molar-refractivity contribution in [2.45, 2.75) is 19.9 Å². The fourth-order valence-corrected chi connectivity index (χ4v) is 2.41. The van der Waals surface area contributed by atoms with Gasteiger partial charge in [-0.3, -0.25) is 4.79 Å². The number of amides is 1. The number of carbonyl (C=O) groups excluding carboxylic acids is 1. The molecule has 0 aliphatic carbocycles. The average Bonchev–Trinajstić information content (AvgIpc) is 2.29. The van der Waals surface area contributed by atoms with E-state index in [2.05, 4.69) is 28.2 Å². The van der Waals surface area contributed by atoms with E-state index in [9.17, 15) is 9.18 Å². The van der Waals surface area contributed by atoms with E-state index in [4.69, 9.17) is 0 Å². The molecule has 1 amide bonds. The zero-order valence-electron chi connectivity index (χ0n) is 9.80. The van der Waals surface area contributed by atoms with Crippen molar-refractivity contribution in [2.75, 3.05) is 11.5 Å². The largest absolute Gasteiger partial charge is 0.349 e. The van der Waals surface area contributed by atoms with Crippen LogP contribution in [0.4, 0.5) is 4.39 Å². The lowest BCUT2D eigenvalue weighted by molar-refractivity contribution is 0.0942. The minimum atomic E-state index is -0.408. The van der Waals surface area contributed by atoms with Gasteiger partial charge in [0.1, 0.15) is 5.82 Å². The van der Waals surface area contributed by atoms with Crippen LogP contribution in [0.2, 0.25) is 0 Å². The number of thioether (sulfide) groups is 1. The van der Waals surface area contributed by atoms with Gasteiger partial charge in [-0.25, -0.2) is 4.39 Å². The quantitative estimate of drug-likeness (QED) is 0.900. The highest BCUT2D eigenvalue weighted by molar-refractivity contribution is 9.10. The van der Waals surface area contributed by atoms with Gasteiger partial charge in [-0.1, -0.05) is 6.92 Å². The average molecular weight is 320 g/mol. The molecule has 5 heteroatoms. The molecule has 0 aliphatic rings. The van der Waals surface area contributed by atoms with Crippen LogP contribution < -0.4 is 5.32 Å². The molecule has 1 aromatic carbocycles. The Kier molecular flexibility index (Phi) is 5.98. The summed E-state index contributed by atoms with van der Waals surface area (Å²) in [5.74, 6) is 1.22. The highest BCUT2D eigenvalue weighted by atomic mass is 79.9. The first-order valence-corrected chi connectivity index (χ1v) is 7.33. The van der Waals surface area contributed by atoms with E-state index < -0.39 is 5.82 Å². The van der Waals surface area contributed by atoms with E-state index in [1.807, 2.05) is 6.92 Å². The second kappa shape index (κ2) is 7.01. The molecule has 1 N–H and O–H groups in total. The van der Waals surface area contributed by atoms with Gasteiger partial charge in [-0.2, -0.15) is 11.8 Å². The predicted octanol–water partition coefficient (Wildman–Crippen LogP) is 3.46. The van der Waals surface area contributed by atoms with Gasteiger partial charge in [0, 0.05) is 16.3 Å². The van der Waals surface area contributed by atoms with E-state index >= 15 is 0 Å². The summed E-state index contributed by atoms with van der Waals surface area (Å²) in [5, 5.41) is 2.84. The lowest BCUT2D eigenvalue weighted by atomic mass is 10.2. The van der Waals surface area contributed by atoms with Gasteiger partial charge in [0.2, 0.25) is 0 Å². The smallest absolute Gasteiger partial charge is 0.252 e. The first-order chi connectivity index (χ1) is 8.04. The van der Waals surface area contributed by atoms with E-state index in [1.165, 1.54) is 18.2 Å². The fraction of sp³-hybridized carbons (Fsp3) is 0.417. The number of halogens is 2. The zero-order chi connectivity index (χ0) is 12.8. The number of carbonyl (C=O) groups is 1. The number of benzene rings is 1. The summed E-state index contributed by atoms with van der Waals surface area (Å²) >= 11 is 5.00. The minimum absolute atomic E-state index is 0.0719. The van der Waals surface area contributed by atoms with Crippen molar-refractivity contribution in [1.29, 1.82) is 0 Å². The third-order valence-corrected chi connectivity index (χ3v) is 3.96. The van der Waals surface area contributed by atoms with Crippen molar-refractivity contribution in [3.05, 3.63) is 34.1 Å². The summed E-state index contributed by atoms with van der Waals surface area (Å²) in [6.07, 6.45) is 0. The van der Waals surface area contributed by atoms with Crippen LogP contribution in [0.3, 0.4) is 0 Å². The molecule has 0 saturated carbocycles. The van der Waals surface area contributed by atoms with Crippen molar-refractivity contribution >= 4 is 33.6 Å². The Hall–Kier alpha value is -0.550. The van der Waals surface area contributed by atoms with Crippen LogP contribution in [0, 0.1) is 5.82 Å². The van der Waals surface area contributed by atoms with Crippen molar-refractivity contribution in [3.63, 3.8) is 0 Å². The van der Waals surface area contributed by atoms with Crippen molar-refractivity contribution in [1.82, 2.24) is 5.32 Å². The van der Waals surface area contributed by atoms with Gasteiger partial charge < -0.3 is 5.32 Å². The standard InChI is InChI=1S/C12H15BrFNOS/c1-3-17-7-8(2)15-12(16)10-6-9(14)4-5-11(10)13/h4-6,8H,3,7H2,1-2H3,(H,15,16). The molecule has 94 valence electrons. The molecule has 0 spiro atoms. The monoisotopic (exact) mass is 319 g/mol. The van der Waals surface area contributed by atoms with Gasteiger partial charge in [0.25, 0.3) is 5.91 Å². The Bertz CT molecular complexity index is 400. The molecule has 0 radical (unpaired) electrons. The third kappa shape index (κ3) is 4.68. The fourth-order valence-electron chi connectivity index (χ4n) is 1.31. The van der Waals surface area contributed by atoms with Crippen molar-refractivity contribution in [2.24, 2.45) is 0 Å². The Morgan fingerprint density at radius 2 is 2.29 bits per heavy atom. The van der Waals surface area contributed by atoms with Crippen LogP contribution in [-0.2, 0) is 0 Å².